The summed E-state index contributed by atoms with van der Waals surface area (Å²) in [4.78, 5) is 7.25. The van der Waals surface area contributed by atoms with Gasteiger partial charge in [-0.15, -0.1) is 0 Å². The van der Waals surface area contributed by atoms with E-state index in [1.54, 1.807) is 12.4 Å². The van der Waals surface area contributed by atoms with Crippen molar-refractivity contribution in [2.24, 2.45) is 16.0 Å². The minimum Gasteiger partial charge on any atom is -0.409 e. The Morgan fingerprint density at radius 1 is 1.33 bits per heavy atom. The number of benzene rings is 1. The highest BCUT2D eigenvalue weighted by Crippen LogP contribution is 2.27. The van der Waals surface area contributed by atoms with Gasteiger partial charge in [0.25, 0.3) is 0 Å². The molecule has 1 aliphatic rings. The lowest BCUT2D eigenvalue weighted by Gasteiger charge is -2.04. The summed E-state index contributed by atoms with van der Waals surface area (Å²) in [6.07, 6.45) is 5.13. The second kappa shape index (κ2) is 3.88. The van der Waals surface area contributed by atoms with E-state index in [0.717, 1.165) is 22.3 Å². The first-order valence-corrected chi connectivity index (χ1v) is 5.25. The van der Waals surface area contributed by atoms with Gasteiger partial charge in [0.1, 0.15) is 11.2 Å². The quantitative estimate of drug-likeness (QED) is 0.259. The molecular formula is C11H10N6O. The molecule has 7 heteroatoms. The molecule has 1 aliphatic heterocycles. The second-order valence-electron chi connectivity index (χ2n) is 3.76. The molecule has 1 aromatic heterocycles. The topological polar surface area (TPSA) is 112 Å². The lowest BCUT2D eigenvalue weighted by atomic mass is 10.1. The van der Waals surface area contributed by atoms with Crippen molar-refractivity contribution in [3.05, 3.63) is 30.1 Å². The summed E-state index contributed by atoms with van der Waals surface area (Å²) in [5, 5.41) is 15.6. The Balaban J connectivity index is 2.14. The van der Waals surface area contributed by atoms with Gasteiger partial charge in [0, 0.05) is 5.56 Å². The normalized spacial score (nSPS) is 14.9. The van der Waals surface area contributed by atoms with Crippen molar-refractivity contribution in [2.75, 3.05) is 5.43 Å². The monoisotopic (exact) mass is 242 g/mol. The number of nitrogens with two attached hydrogens (primary N) is 1. The van der Waals surface area contributed by atoms with Crippen LogP contribution in [0.5, 0.6) is 0 Å². The highest BCUT2D eigenvalue weighted by atomic mass is 16.4. The lowest BCUT2D eigenvalue weighted by Crippen LogP contribution is -2.22. The van der Waals surface area contributed by atoms with E-state index in [-0.39, 0.29) is 5.84 Å². The van der Waals surface area contributed by atoms with E-state index < -0.39 is 0 Å². The number of hydrazone groups is 1. The molecule has 0 bridgehead atoms. The number of oxime groups is 1. The Labute approximate surface area is 102 Å². The number of nitrogens with one attached hydrogen (secondary N) is 2. The third-order valence-electron chi connectivity index (χ3n) is 2.70. The smallest absolute Gasteiger partial charge is 0.190 e. The minimum atomic E-state index is -0.0511. The summed E-state index contributed by atoms with van der Waals surface area (Å²) in [6.45, 7) is 0. The van der Waals surface area contributed by atoms with Crippen LogP contribution < -0.4 is 11.2 Å². The van der Waals surface area contributed by atoms with E-state index in [9.17, 15) is 0 Å². The first-order valence-electron chi connectivity index (χ1n) is 5.25. The van der Waals surface area contributed by atoms with Gasteiger partial charge in [0.05, 0.1) is 17.5 Å². The average Bonchev–Trinajstić information content (AvgIpc) is 2.77. The first-order chi connectivity index (χ1) is 8.79. The fourth-order valence-electron chi connectivity index (χ4n) is 1.80. The van der Waals surface area contributed by atoms with Crippen LogP contribution in [0.1, 0.15) is 5.56 Å². The van der Waals surface area contributed by atoms with Gasteiger partial charge in [-0.05, 0) is 12.1 Å². The van der Waals surface area contributed by atoms with E-state index in [4.69, 9.17) is 10.9 Å². The lowest BCUT2D eigenvalue weighted by molar-refractivity contribution is 0.319. The van der Waals surface area contributed by atoms with Gasteiger partial charge in [-0.25, -0.2) is 4.98 Å². The molecular weight excluding hydrogens is 232 g/mol. The molecule has 2 heterocycles. The summed E-state index contributed by atoms with van der Waals surface area (Å²) >= 11 is 0. The van der Waals surface area contributed by atoms with Gasteiger partial charge in [-0.3, -0.25) is 5.43 Å². The van der Waals surface area contributed by atoms with Crippen LogP contribution in [0.25, 0.3) is 17.1 Å². The first kappa shape index (κ1) is 10.3. The molecule has 0 radical (unpaired) electrons. The molecule has 7 nitrogen and oxygen atoms in total. The molecule has 18 heavy (non-hydrogen) atoms. The van der Waals surface area contributed by atoms with Crippen molar-refractivity contribution in [2.45, 2.75) is 0 Å². The number of rotatable bonds is 1. The standard InChI is InChI=1S/C11H10N6O/c12-11(17-18)8-4-2-6-1-3-7-10(14-5-13-7)9(6)16-15-8/h1-5,16,18H,(H2,12,17)(H,13,14). The van der Waals surface area contributed by atoms with Crippen molar-refractivity contribution < 1.29 is 5.21 Å². The van der Waals surface area contributed by atoms with Crippen LogP contribution in [0.2, 0.25) is 0 Å². The summed E-state index contributed by atoms with van der Waals surface area (Å²) in [5.41, 5.74) is 12.2. The average molecular weight is 242 g/mol. The van der Waals surface area contributed by atoms with E-state index in [0.29, 0.717) is 5.71 Å². The molecule has 0 saturated carbocycles. The number of imidazole rings is 1. The van der Waals surface area contributed by atoms with Crippen LogP contribution in [0.4, 0.5) is 5.69 Å². The highest BCUT2D eigenvalue weighted by molar-refractivity contribution is 6.46. The molecule has 5 N–H and O–H groups in total. The Morgan fingerprint density at radius 2 is 2.22 bits per heavy atom. The predicted octanol–water partition coefficient (Wildman–Crippen LogP) is 1.10. The summed E-state index contributed by atoms with van der Waals surface area (Å²) in [7, 11) is 0. The highest BCUT2D eigenvalue weighted by Gasteiger charge is 2.12. The van der Waals surface area contributed by atoms with Gasteiger partial charge in [-0.1, -0.05) is 17.3 Å². The van der Waals surface area contributed by atoms with Crippen LogP contribution in [0.15, 0.2) is 34.8 Å². The molecule has 1 aromatic carbocycles. The SMILES string of the molecule is NC(=NO)C1=NNc2c(ccc3[nH]cnc23)C=C1. The van der Waals surface area contributed by atoms with E-state index in [1.165, 1.54) is 0 Å². The van der Waals surface area contributed by atoms with E-state index >= 15 is 0 Å². The molecule has 0 aliphatic carbocycles. The molecule has 2 aromatic rings. The third-order valence-corrected chi connectivity index (χ3v) is 2.70. The van der Waals surface area contributed by atoms with Crippen molar-refractivity contribution in [3.63, 3.8) is 0 Å². The number of hydrogen-bond acceptors (Lipinski definition) is 5. The molecule has 0 amide bonds. The van der Waals surface area contributed by atoms with E-state index in [2.05, 4.69) is 25.7 Å². The molecule has 90 valence electrons. The Bertz CT molecular complexity index is 697. The third kappa shape index (κ3) is 1.49. The van der Waals surface area contributed by atoms with Gasteiger partial charge in [0.15, 0.2) is 5.84 Å². The zero-order chi connectivity index (χ0) is 12.5. The largest absolute Gasteiger partial charge is 0.409 e. The van der Waals surface area contributed by atoms with Crippen molar-refractivity contribution in [1.82, 2.24) is 9.97 Å². The van der Waals surface area contributed by atoms with Crippen molar-refractivity contribution in [3.8, 4) is 0 Å². The van der Waals surface area contributed by atoms with Crippen LogP contribution in [0, 0.1) is 0 Å². The van der Waals surface area contributed by atoms with Crippen LogP contribution in [0.3, 0.4) is 0 Å². The zero-order valence-electron chi connectivity index (χ0n) is 9.25. The summed E-state index contributed by atoms with van der Waals surface area (Å²) < 4.78 is 0. The number of anilines is 1. The maximum Gasteiger partial charge on any atom is 0.190 e. The Morgan fingerprint density at radius 3 is 3.06 bits per heavy atom. The van der Waals surface area contributed by atoms with Crippen molar-refractivity contribution >= 4 is 34.3 Å². The number of hydrogen-bond donors (Lipinski definition) is 4. The fourth-order valence-corrected chi connectivity index (χ4v) is 1.80. The number of nitrogens with zero attached hydrogens (tertiary/aromatic N) is 3. The number of aromatic amines is 1. The molecule has 0 unspecified atom stereocenters. The van der Waals surface area contributed by atoms with Crippen molar-refractivity contribution in [1.29, 1.82) is 0 Å². The number of amidine groups is 1. The predicted molar refractivity (Wildman–Crippen MR) is 69.6 cm³/mol. The van der Waals surface area contributed by atoms with Gasteiger partial charge >= 0.3 is 0 Å². The maximum atomic E-state index is 8.64. The molecule has 0 fully saturated rings. The zero-order valence-corrected chi connectivity index (χ0v) is 9.25. The number of H-pyrrole nitrogens is 1. The van der Waals surface area contributed by atoms with Gasteiger partial charge in [-0.2, -0.15) is 5.10 Å². The number of fused-ring (bicyclic) bond motifs is 3. The van der Waals surface area contributed by atoms with Crippen LogP contribution in [-0.2, 0) is 0 Å². The van der Waals surface area contributed by atoms with Gasteiger partial charge < -0.3 is 15.9 Å². The Hall–Kier alpha value is -2.83. The molecule has 0 saturated heterocycles. The number of aromatic nitrogens is 2. The fraction of sp³-hybridized carbons (Fsp3) is 0. The summed E-state index contributed by atoms with van der Waals surface area (Å²) in [6, 6.07) is 3.87. The van der Waals surface area contributed by atoms with Crippen LogP contribution in [-0.4, -0.2) is 26.7 Å². The molecule has 3 rings (SSSR count). The maximum absolute atomic E-state index is 8.64. The second-order valence-corrected chi connectivity index (χ2v) is 3.76. The Kier molecular flexibility index (Phi) is 2.23. The van der Waals surface area contributed by atoms with Crippen LogP contribution >= 0.6 is 0 Å². The molecule has 0 spiro atoms. The molecule has 0 atom stereocenters. The van der Waals surface area contributed by atoms with Gasteiger partial charge in [0.2, 0.25) is 0 Å². The summed E-state index contributed by atoms with van der Waals surface area (Å²) in [5.74, 6) is -0.0511. The minimum absolute atomic E-state index is 0.0511. The van der Waals surface area contributed by atoms with E-state index in [1.807, 2.05) is 18.2 Å².